The zero-order chi connectivity index (χ0) is 23.3. The average molecular weight is 492 g/mol. The highest BCUT2D eigenvalue weighted by atomic mass is 32.3. The minimum Gasteiger partial charge on any atom is -0.593 e. The number of nitrogens with zero attached hydrogens (tertiary/aromatic N) is 2. The number of amides is 1. The Hall–Kier alpha value is -2.52. The van der Waals surface area contributed by atoms with Gasteiger partial charge in [-0.15, -0.1) is 4.31 Å². The number of hydrogen-bond donors (Lipinski definition) is 0. The Morgan fingerprint density at radius 3 is 2.22 bits per heavy atom. The number of carbonyl (C=O) groups is 1. The van der Waals surface area contributed by atoms with E-state index in [4.69, 9.17) is 9.47 Å². The topological polar surface area (TPSA) is 122 Å². The van der Waals surface area contributed by atoms with Crippen molar-refractivity contribution in [1.82, 2.24) is 8.61 Å². The lowest BCUT2D eigenvalue weighted by atomic mass is 10.3. The van der Waals surface area contributed by atoms with E-state index >= 15 is 0 Å². The van der Waals surface area contributed by atoms with E-state index in [0.717, 1.165) is 18.2 Å². The number of fused-ring (bicyclic) bond motifs is 1. The summed E-state index contributed by atoms with van der Waals surface area (Å²) in [5, 5.41) is 0. The molecule has 3 unspecified atom stereocenters. The number of piperazine rings is 1. The van der Waals surface area contributed by atoms with Crippen LogP contribution in [0.1, 0.15) is 0 Å². The first-order valence-electron chi connectivity index (χ1n) is 9.11. The maximum Gasteiger partial charge on any atom is 0.317 e. The largest absolute Gasteiger partial charge is 0.593 e. The molecule has 2 aromatic carbocycles. The Labute approximate surface area is 182 Å². The maximum atomic E-state index is 14.9. The van der Waals surface area contributed by atoms with E-state index in [2.05, 4.69) is 0 Å². The van der Waals surface area contributed by atoms with Crippen molar-refractivity contribution in [2.45, 2.75) is 16.1 Å². The average Bonchev–Trinajstić information content (AvgIpc) is 2.74. The molecule has 14 heteroatoms. The summed E-state index contributed by atoms with van der Waals surface area (Å²) in [4.78, 5) is 10.6. The van der Waals surface area contributed by atoms with Crippen LogP contribution in [0, 0.1) is 11.6 Å². The van der Waals surface area contributed by atoms with E-state index in [-0.39, 0.29) is 33.3 Å². The molecule has 9 nitrogen and oxygen atoms in total. The Kier molecular flexibility index (Phi) is 5.75. The first-order valence-corrected chi connectivity index (χ1v) is 12.0. The molecule has 32 heavy (non-hydrogen) atoms. The van der Waals surface area contributed by atoms with Crippen molar-refractivity contribution in [1.29, 1.82) is 0 Å². The summed E-state index contributed by atoms with van der Waals surface area (Å²) in [6, 6.07) is 5.77. The fourth-order valence-electron chi connectivity index (χ4n) is 3.29. The lowest BCUT2D eigenvalue weighted by Crippen LogP contribution is -2.61. The lowest BCUT2D eigenvalue weighted by molar-refractivity contribution is -0.140. The lowest BCUT2D eigenvalue weighted by Gasteiger charge is -2.37. The first kappa shape index (κ1) is 22.7. The first-order chi connectivity index (χ1) is 15.0. The van der Waals surface area contributed by atoms with Gasteiger partial charge in [0.15, 0.2) is 48.8 Å². The van der Waals surface area contributed by atoms with Gasteiger partial charge in [0.05, 0.1) is 13.1 Å². The van der Waals surface area contributed by atoms with Crippen molar-refractivity contribution >= 4 is 26.7 Å². The quantitative estimate of drug-likeness (QED) is 0.470. The molecule has 3 atom stereocenters. The third kappa shape index (κ3) is 3.67. The van der Waals surface area contributed by atoms with Gasteiger partial charge in [-0.2, -0.15) is 0 Å². The molecule has 2 aliphatic heterocycles. The molecule has 0 aliphatic carbocycles. The summed E-state index contributed by atoms with van der Waals surface area (Å²) in [5.41, 5.74) is 0. The molecule has 2 aliphatic rings. The number of hydrogen-bond acceptors (Lipinski definition) is 7. The second-order valence-corrected chi connectivity index (χ2v) is 10.4. The summed E-state index contributed by atoms with van der Waals surface area (Å²) >= 11 is 0. The molecule has 0 bridgehead atoms. The summed E-state index contributed by atoms with van der Waals surface area (Å²) in [7, 11) is -9.71. The Bertz CT molecular complexity index is 1160. The van der Waals surface area contributed by atoms with Gasteiger partial charge in [-0.1, -0.05) is 18.8 Å². The van der Waals surface area contributed by atoms with Crippen LogP contribution in [-0.4, -0.2) is 56.2 Å². The normalized spacial score (nSPS) is 22.8. The third-order valence-electron chi connectivity index (χ3n) is 4.81. The highest BCUT2D eigenvalue weighted by Crippen LogP contribution is 2.37. The van der Waals surface area contributed by atoms with Gasteiger partial charge in [0.1, 0.15) is 13.2 Å². The molecule has 0 radical (unpaired) electrons. The van der Waals surface area contributed by atoms with E-state index in [1.54, 1.807) is 0 Å². The van der Waals surface area contributed by atoms with Gasteiger partial charge in [-0.25, -0.2) is 13.2 Å². The van der Waals surface area contributed by atoms with Gasteiger partial charge in [-0.3, -0.25) is 4.79 Å². The van der Waals surface area contributed by atoms with Crippen LogP contribution in [0.3, 0.4) is 0 Å². The van der Waals surface area contributed by atoms with Gasteiger partial charge >= 0.3 is 5.91 Å². The summed E-state index contributed by atoms with van der Waals surface area (Å²) < 4.78 is 105. The summed E-state index contributed by atoms with van der Waals surface area (Å²) in [5.74, 6) is -4.35. The van der Waals surface area contributed by atoms with Gasteiger partial charge in [-0.05, 0) is 24.3 Å². The van der Waals surface area contributed by atoms with Crippen LogP contribution in [0.5, 0.6) is 11.5 Å². The minimum absolute atomic E-state index is 0.0744. The molecule has 0 spiro atoms. The minimum atomic E-state index is -5.12. The number of ether oxygens (including phenoxy) is 2. The van der Waals surface area contributed by atoms with E-state index in [1.165, 1.54) is 6.07 Å². The van der Waals surface area contributed by atoms with Crippen molar-refractivity contribution in [3.8, 4) is 11.5 Å². The predicted molar refractivity (Wildman–Crippen MR) is 101 cm³/mol. The highest BCUT2D eigenvalue weighted by molar-refractivity contribution is 7.96. The number of benzene rings is 2. The van der Waals surface area contributed by atoms with Crippen molar-refractivity contribution < 1.29 is 45.0 Å². The molecule has 0 N–H and O–H groups in total. The van der Waals surface area contributed by atoms with Crippen LogP contribution < -0.4 is 9.47 Å². The van der Waals surface area contributed by atoms with E-state index in [1.807, 2.05) is 0 Å². The van der Waals surface area contributed by atoms with Crippen LogP contribution in [0.2, 0.25) is 0 Å². The molecule has 0 aromatic heterocycles. The Morgan fingerprint density at radius 1 is 0.938 bits per heavy atom. The number of sulfonamides is 2. The maximum absolute atomic E-state index is 14.9. The second kappa shape index (κ2) is 8.12. The molecule has 1 fully saturated rings. The molecule has 4 rings (SSSR count). The van der Waals surface area contributed by atoms with E-state index in [0.29, 0.717) is 12.1 Å². The van der Waals surface area contributed by atoms with Crippen LogP contribution in [-0.2, 0) is 34.0 Å². The predicted octanol–water partition coefficient (Wildman–Crippen LogP) is 1.68. The number of rotatable bonds is 4. The number of halogens is 3. The van der Waals surface area contributed by atoms with Gasteiger partial charge < -0.3 is 18.6 Å². The van der Waals surface area contributed by atoms with Gasteiger partial charge in [0, 0.05) is 6.07 Å². The van der Waals surface area contributed by atoms with Crippen molar-refractivity contribution in [2.75, 3.05) is 26.3 Å². The fraction of sp³-hybridized carbons (Fsp3) is 0.278. The molecule has 0 saturated carbocycles. The second-order valence-electron chi connectivity index (χ2n) is 6.72. The molecular weight excluding hydrogens is 477 g/mol. The van der Waals surface area contributed by atoms with E-state index < -0.39 is 67.5 Å². The van der Waals surface area contributed by atoms with Crippen LogP contribution in [0.4, 0.5) is 13.2 Å². The number of alkyl halides is 1. The Morgan fingerprint density at radius 2 is 1.56 bits per heavy atom. The zero-order valence-corrected chi connectivity index (χ0v) is 17.7. The smallest absolute Gasteiger partial charge is 0.317 e. The van der Waals surface area contributed by atoms with Crippen molar-refractivity contribution in [3.05, 3.63) is 48.0 Å². The zero-order valence-electron chi connectivity index (χ0n) is 16.1. The standard InChI is InChI=1S/C18H15F3N2O7S2/c19-12-2-1-3-13(20)16(12)32(27,28)23-7-6-22(17(21)18(23)24)31(25,26)11-4-5-14-15(10-11)30-9-8-29-14/h1-5,10,17H,6-9H2. The molecule has 172 valence electrons. The SMILES string of the molecule is O=C1C(F)N([S+](=O)([O-])c2ccc3c(c2)OCCO3)CCN1[S+](=O)([O-])c1c(F)cccc1F. The van der Waals surface area contributed by atoms with Crippen molar-refractivity contribution in [2.24, 2.45) is 0 Å². The highest BCUT2D eigenvalue weighted by Gasteiger charge is 2.52. The molecular formula is C18H15F3N2O7S2. The fourth-order valence-corrected chi connectivity index (χ4v) is 6.21. The molecule has 2 heterocycles. The number of carbonyl (C=O) groups excluding carboxylic acids is 1. The molecule has 2 aromatic rings. The summed E-state index contributed by atoms with van der Waals surface area (Å²) in [6.45, 7) is -1.19. The van der Waals surface area contributed by atoms with Crippen LogP contribution in [0.15, 0.2) is 46.2 Å². The van der Waals surface area contributed by atoms with Crippen molar-refractivity contribution in [3.63, 3.8) is 0 Å². The molecule has 1 amide bonds. The summed E-state index contributed by atoms with van der Waals surface area (Å²) in [6.07, 6.45) is -2.94. The van der Waals surface area contributed by atoms with Crippen LogP contribution >= 0.6 is 0 Å². The molecule has 1 saturated heterocycles. The van der Waals surface area contributed by atoms with E-state index in [9.17, 15) is 35.5 Å². The Balaban J connectivity index is 1.62. The van der Waals surface area contributed by atoms with Gasteiger partial charge in [0.2, 0.25) is 0 Å². The monoisotopic (exact) mass is 492 g/mol. The third-order valence-corrected chi connectivity index (χ3v) is 8.50. The van der Waals surface area contributed by atoms with Gasteiger partial charge in [0.25, 0.3) is 11.2 Å². The van der Waals surface area contributed by atoms with Crippen LogP contribution in [0.25, 0.3) is 0 Å².